The first kappa shape index (κ1) is 9.52. The summed E-state index contributed by atoms with van der Waals surface area (Å²) < 4.78 is 0. The van der Waals surface area contributed by atoms with Crippen LogP contribution in [0.3, 0.4) is 0 Å². The average molecular weight is 178 g/mol. The zero-order valence-electron chi connectivity index (χ0n) is 8.14. The van der Waals surface area contributed by atoms with Crippen LogP contribution in [0.1, 0.15) is 25.8 Å². The molecule has 0 aliphatic carbocycles. The number of benzene rings is 1. The largest absolute Gasteiger partial charge is 0.0680 e. The van der Waals surface area contributed by atoms with E-state index < -0.39 is 0 Å². The van der Waals surface area contributed by atoms with Crippen LogP contribution >= 0.6 is 0 Å². The van der Waals surface area contributed by atoms with Crippen LogP contribution in [0.15, 0.2) is 24.3 Å². The van der Waals surface area contributed by atoms with Gasteiger partial charge in [-0.2, -0.15) is 0 Å². The zero-order chi connectivity index (χ0) is 8.81. The molecular formula is C11H18Si. The molecular weight excluding hydrogens is 160 g/mol. The fourth-order valence-corrected chi connectivity index (χ4v) is 2.60. The summed E-state index contributed by atoms with van der Waals surface area (Å²) in [5.41, 5.74) is 1.49. The van der Waals surface area contributed by atoms with Crippen LogP contribution in [0.4, 0.5) is 0 Å². The van der Waals surface area contributed by atoms with Crippen molar-refractivity contribution >= 4 is 14.7 Å². The third-order valence-electron chi connectivity index (χ3n) is 2.10. The normalized spacial score (nSPS) is 11.2. The number of rotatable bonds is 4. The van der Waals surface area contributed by atoms with E-state index in [4.69, 9.17) is 0 Å². The third kappa shape index (κ3) is 2.82. The Morgan fingerprint density at radius 1 is 1.08 bits per heavy atom. The first-order valence-corrected chi connectivity index (χ1v) is 6.65. The quantitative estimate of drug-likeness (QED) is 0.618. The van der Waals surface area contributed by atoms with Crippen LogP contribution in [-0.2, 0) is 6.42 Å². The van der Waals surface area contributed by atoms with E-state index in [2.05, 4.69) is 38.1 Å². The molecule has 0 heterocycles. The smallest absolute Gasteiger partial charge is 0.0544 e. The van der Waals surface area contributed by atoms with E-state index in [0.717, 1.165) is 0 Å². The lowest BCUT2D eigenvalue weighted by atomic mass is 10.1. The second kappa shape index (κ2) is 5.15. The predicted molar refractivity (Wildman–Crippen MR) is 59.1 cm³/mol. The molecule has 0 aromatic heterocycles. The molecule has 0 aliphatic heterocycles. The summed E-state index contributed by atoms with van der Waals surface area (Å²) in [5.74, 6) is 0. The maximum atomic E-state index is 2.32. The average Bonchev–Trinajstić information content (AvgIpc) is 2.09. The Balaban J connectivity index is 2.58. The topological polar surface area (TPSA) is 0 Å². The summed E-state index contributed by atoms with van der Waals surface area (Å²) in [7, 11) is 0.0691. The van der Waals surface area contributed by atoms with Gasteiger partial charge in [0.25, 0.3) is 0 Å². The minimum absolute atomic E-state index is 0.0691. The fourth-order valence-electron chi connectivity index (χ4n) is 1.45. The molecule has 0 radical (unpaired) electrons. The molecule has 0 amide bonds. The third-order valence-corrected chi connectivity index (χ3v) is 3.65. The van der Waals surface area contributed by atoms with Crippen LogP contribution in [0.25, 0.3) is 0 Å². The van der Waals surface area contributed by atoms with Gasteiger partial charge in [0, 0.05) is 0 Å². The van der Waals surface area contributed by atoms with Gasteiger partial charge in [-0.05, 0) is 12.0 Å². The molecule has 0 nitrogen and oxygen atoms in total. The minimum atomic E-state index is 0.0691. The first-order chi connectivity index (χ1) is 5.86. The molecule has 0 saturated carbocycles. The van der Waals surface area contributed by atoms with E-state index in [9.17, 15) is 0 Å². The van der Waals surface area contributed by atoms with Crippen LogP contribution < -0.4 is 5.19 Å². The Kier molecular flexibility index (Phi) is 4.09. The Morgan fingerprint density at radius 2 is 1.75 bits per heavy atom. The van der Waals surface area contributed by atoms with Crippen LogP contribution in [0, 0.1) is 0 Å². The van der Waals surface area contributed by atoms with Crippen molar-refractivity contribution in [1.29, 1.82) is 0 Å². The van der Waals surface area contributed by atoms with Gasteiger partial charge in [-0.25, -0.2) is 0 Å². The second-order valence-corrected chi connectivity index (χ2v) is 5.63. The molecule has 66 valence electrons. The van der Waals surface area contributed by atoms with Gasteiger partial charge in [-0.3, -0.25) is 0 Å². The van der Waals surface area contributed by atoms with Gasteiger partial charge in [-0.15, -0.1) is 0 Å². The van der Waals surface area contributed by atoms with Crippen molar-refractivity contribution in [2.24, 2.45) is 0 Å². The first-order valence-electron chi connectivity index (χ1n) is 4.94. The molecule has 1 heteroatoms. The molecule has 0 bridgehead atoms. The standard InChI is InChI=1S/C11H18Si/c1-3-5-10-6-8-11(9-7-10)12-4-2/h6-9H,3-5,12H2,1-2H3. The summed E-state index contributed by atoms with van der Waals surface area (Å²) in [6.45, 7) is 4.51. The van der Waals surface area contributed by atoms with E-state index in [1.165, 1.54) is 24.4 Å². The second-order valence-electron chi connectivity index (χ2n) is 3.32. The highest BCUT2D eigenvalue weighted by atomic mass is 28.2. The molecule has 1 rings (SSSR count). The Labute approximate surface area is 77.8 Å². The van der Waals surface area contributed by atoms with E-state index >= 15 is 0 Å². The van der Waals surface area contributed by atoms with Crippen LogP contribution in [0.2, 0.25) is 6.04 Å². The Hall–Kier alpha value is -0.563. The molecule has 1 aromatic rings. The molecule has 0 N–H and O–H groups in total. The summed E-state index contributed by atoms with van der Waals surface area (Å²) >= 11 is 0. The SMILES string of the molecule is CCCc1ccc([SiH2]CC)cc1. The minimum Gasteiger partial charge on any atom is -0.0680 e. The maximum absolute atomic E-state index is 2.32. The van der Waals surface area contributed by atoms with Gasteiger partial charge >= 0.3 is 0 Å². The summed E-state index contributed by atoms with van der Waals surface area (Å²) in [4.78, 5) is 0. The van der Waals surface area contributed by atoms with Gasteiger partial charge in [0.05, 0.1) is 9.52 Å². The van der Waals surface area contributed by atoms with Gasteiger partial charge in [0.15, 0.2) is 0 Å². The summed E-state index contributed by atoms with van der Waals surface area (Å²) in [6, 6.07) is 10.6. The van der Waals surface area contributed by atoms with Crippen LogP contribution in [0.5, 0.6) is 0 Å². The van der Waals surface area contributed by atoms with Gasteiger partial charge in [0.2, 0.25) is 0 Å². The lowest BCUT2D eigenvalue weighted by Gasteiger charge is -2.00. The fraction of sp³-hybridized carbons (Fsp3) is 0.455. The molecule has 0 spiro atoms. The molecule has 1 aromatic carbocycles. The highest BCUT2D eigenvalue weighted by Crippen LogP contribution is 2.00. The van der Waals surface area contributed by atoms with E-state index in [1.807, 2.05) is 0 Å². The highest BCUT2D eigenvalue weighted by molar-refractivity contribution is 6.53. The molecule has 0 atom stereocenters. The molecule has 12 heavy (non-hydrogen) atoms. The zero-order valence-corrected chi connectivity index (χ0v) is 9.55. The lowest BCUT2D eigenvalue weighted by Crippen LogP contribution is -2.11. The van der Waals surface area contributed by atoms with Crippen molar-refractivity contribution in [3.63, 3.8) is 0 Å². The lowest BCUT2D eigenvalue weighted by molar-refractivity contribution is 0.922. The predicted octanol–water partition coefficient (Wildman–Crippen LogP) is 1.87. The molecule has 0 unspecified atom stereocenters. The van der Waals surface area contributed by atoms with Crippen molar-refractivity contribution in [2.75, 3.05) is 0 Å². The van der Waals surface area contributed by atoms with Gasteiger partial charge in [-0.1, -0.05) is 55.8 Å². The number of aryl methyl sites for hydroxylation is 1. The molecule has 0 fully saturated rings. The molecule has 0 saturated heterocycles. The monoisotopic (exact) mass is 178 g/mol. The maximum Gasteiger partial charge on any atom is 0.0544 e. The van der Waals surface area contributed by atoms with Gasteiger partial charge < -0.3 is 0 Å². The van der Waals surface area contributed by atoms with Crippen LogP contribution in [-0.4, -0.2) is 9.52 Å². The number of hydrogen-bond donors (Lipinski definition) is 0. The van der Waals surface area contributed by atoms with E-state index in [-0.39, 0.29) is 9.52 Å². The van der Waals surface area contributed by atoms with Crippen molar-refractivity contribution in [3.05, 3.63) is 29.8 Å². The van der Waals surface area contributed by atoms with E-state index in [1.54, 1.807) is 5.19 Å². The van der Waals surface area contributed by atoms with Crippen molar-refractivity contribution in [1.82, 2.24) is 0 Å². The Morgan fingerprint density at radius 3 is 2.25 bits per heavy atom. The molecule has 0 aliphatic rings. The van der Waals surface area contributed by atoms with E-state index in [0.29, 0.717) is 0 Å². The van der Waals surface area contributed by atoms with Crippen molar-refractivity contribution in [3.8, 4) is 0 Å². The van der Waals surface area contributed by atoms with Gasteiger partial charge in [0.1, 0.15) is 0 Å². The summed E-state index contributed by atoms with van der Waals surface area (Å²) in [6.07, 6.45) is 2.48. The number of hydrogen-bond acceptors (Lipinski definition) is 0. The Bertz CT molecular complexity index is 188. The van der Waals surface area contributed by atoms with Crippen molar-refractivity contribution < 1.29 is 0 Å². The highest BCUT2D eigenvalue weighted by Gasteiger charge is 1.92. The summed E-state index contributed by atoms with van der Waals surface area (Å²) in [5, 5.41) is 1.61. The van der Waals surface area contributed by atoms with Crippen molar-refractivity contribution in [2.45, 2.75) is 32.7 Å².